The maximum Gasteiger partial charge on any atom is 0.337 e. The van der Waals surface area contributed by atoms with Gasteiger partial charge < -0.3 is 10.4 Å². The van der Waals surface area contributed by atoms with E-state index in [2.05, 4.69) is 5.32 Å². The molecule has 136 valence electrons. The summed E-state index contributed by atoms with van der Waals surface area (Å²) in [6.45, 7) is 0. The third kappa shape index (κ3) is 4.03. The first-order chi connectivity index (χ1) is 12.9. The number of carbonyl (C=O) groups is 3. The number of thiophene rings is 1. The van der Waals surface area contributed by atoms with Crippen LogP contribution >= 0.6 is 34.5 Å². The molecule has 0 radical (unpaired) electrons. The number of anilines is 1. The summed E-state index contributed by atoms with van der Waals surface area (Å²) in [5.41, 5.74) is 1.39. The third-order valence-corrected chi connectivity index (χ3v) is 5.18. The molecule has 5 nitrogen and oxygen atoms in total. The number of carbonyl (C=O) groups excluding carboxylic acids is 2. The molecule has 0 aliphatic carbocycles. The van der Waals surface area contributed by atoms with E-state index in [1.807, 2.05) is 0 Å². The lowest BCUT2D eigenvalue weighted by Crippen LogP contribution is -2.15. The molecule has 1 aromatic heterocycles. The van der Waals surface area contributed by atoms with Crippen LogP contribution in [0, 0.1) is 0 Å². The second-order valence-corrected chi connectivity index (χ2v) is 7.25. The Morgan fingerprint density at radius 3 is 2.48 bits per heavy atom. The number of halogens is 2. The SMILES string of the molecule is O=Cc1sccc1-c1ccc(NC(=O)c2ccc(Cl)cc2Cl)c(C(=O)O)c1. The molecular weight excluding hydrogens is 409 g/mol. The second kappa shape index (κ2) is 7.92. The Balaban J connectivity index is 1.97. The molecule has 1 amide bonds. The Bertz CT molecular complexity index is 1060. The van der Waals surface area contributed by atoms with Gasteiger partial charge in [0, 0.05) is 10.6 Å². The number of amides is 1. The molecule has 2 N–H and O–H groups in total. The Hall–Kier alpha value is -2.67. The summed E-state index contributed by atoms with van der Waals surface area (Å²) in [5.74, 6) is -1.77. The number of nitrogens with one attached hydrogen (secondary N) is 1. The molecular formula is C19H11Cl2NO4S. The number of aromatic carboxylic acids is 1. The van der Waals surface area contributed by atoms with Crippen molar-refractivity contribution in [3.05, 3.63) is 73.9 Å². The minimum atomic E-state index is -1.21. The van der Waals surface area contributed by atoms with Crippen molar-refractivity contribution in [3.8, 4) is 11.1 Å². The Labute approximate surface area is 168 Å². The molecule has 0 aliphatic heterocycles. The van der Waals surface area contributed by atoms with Crippen molar-refractivity contribution >= 4 is 58.4 Å². The summed E-state index contributed by atoms with van der Waals surface area (Å²) in [4.78, 5) is 35.7. The number of benzene rings is 2. The highest BCUT2D eigenvalue weighted by Gasteiger charge is 2.18. The molecule has 0 saturated heterocycles. The van der Waals surface area contributed by atoms with Gasteiger partial charge in [0.15, 0.2) is 6.29 Å². The highest BCUT2D eigenvalue weighted by atomic mass is 35.5. The van der Waals surface area contributed by atoms with Crippen LogP contribution in [0.2, 0.25) is 10.0 Å². The number of hydrogen-bond donors (Lipinski definition) is 2. The van der Waals surface area contributed by atoms with Gasteiger partial charge in [0.1, 0.15) is 0 Å². The van der Waals surface area contributed by atoms with Crippen molar-refractivity contribution in [3.63, 3.8) is 0 Å². The minimum absolute atomic E-state index is 0.103. The number of aldehydes is 1. The fourth-order valence-corrected chi connectivity index (χ4v) is 3.73. The highest BCUT2D eigenvalue weighted by Crippen LogP contribution is 2.31. The second-order valence-electron chi connectivity index (χ2n) is 5.46. The predicted molar refractivity (Wildman–Crippen MR) is 107 cm³/mol. The molecule has 0 saturated carbocycles. The standard InChI is InChI=1S/C19H11Cl2NO4S/c20-11-2-3-13(15(21)8-11)18(24)22-16-4-1-10(7-14(16)19(25)26)12-5-6-27-17(12)9-23/h1-9H,(H,22,24)(H,25,26). The van der Waals surface area contributed by atoms with Crippen molar-refractivity contribution in [2.24, 2.45) is 0 Å². The molecule has 0 fully saturated rings. The van der Waals surface area contributed by atoms with Crippen LogP contribution in [-0.4, -0.2) is 23.3 Å². The van der Waals surface area contributed by atoms with Crippen LogP contribution in [0.25, 0.3) is 11.1 Å². The normalized spacial score (nSPS) is 10.4. The molecule has 0 aliphatic rings. The fourth-order valence-electron chi connectivity index (χ4n) is 2.51. The maximum absolute atomic E-state index is 12.5. The lowest BCUT2D eigenvalue weighted by molar-refractivity contribution is 0.0698. The monoisotopic (exact) mass is 419 g/mol. The van der Waals surface area contributed by atoms with Gasteiger partial charge in [-0.25, -0.2) is 4.79 Å². The van der Waals surface area contributed by atoms with Crippen molar-refractivity contribution in [1.82, 2.24) is 0 Å². The Morgan fingerprint density at radius 2 is 1.81 bits per heavy atom. The van der Waals surface area contributed by atoms with Crippen LogP contribution < -0.4 is 5.32 Å². The summed E-state index contributed by atoms with van der Waals surface area (Å²) in [6, 6.07) is 10.7. The van der Waals surface area contributed by atoms with Gasteiger partial charge in [-0.1, -0.05) is 29.3 Å². The largest absolute Gasteiger partial charge is 0.478 e. The fraction of sp³-hybridized carbons (Fsp3) is 0. The van der Waals surface area contributed by atoms with Crippen LogP contribution in [0.5, 0.6) is 0 Å². The van der Waals surface area contributed by atoms with E-state index < -0.39 is 11.9 Å². The topological polar surface area (TPSA) is 83.5 Å². The van der Waals surface area contributed by atoms with Crippen LogP contribution in [-0.2, 0) is 0 Å². The summed E-state index contributed by atoms with van der Waals surface area (Å²) in [7, 11) is 0. The predicted octanol–water partition coefficient (Wildman–Crippen LogP) is 5.48. The molecule has 3 aromatic rings. The molecule has 2 aromatic carbocycles. The average Bonchev–Trinajstić information content (AvgIpc) is 3.10. The van der Waals surface area contributed by atoms with E-state index in [0.29, 0.717) is 21.0 Å². The van der Waals surface area contributed by atoms with Crippen molar-refractivity contribution in [2.45, 2.75) is 0 Å². The smallest absolute Gasteiger partial charge is 0.337 e. The van der Waals surface area contributed by atoms with Gasteiger partial charge >= 0.3 is 5.97 Å². The Morgan fingerprint density at radius 1 is 1.04 bits per heavy atom. The van der Waals surface area contributed by atoms with Crippen LogP contribution in [0.1, 0.15) is 30.4 Å². The number of hydrogen-bond acceptors (Lipinski definition) is 4. The number of carboxylic acids is 1. The summed E-state index contributed by atoms with van der Waals surface area (Å²) in [6.07, 6.45) is 0.721. The molecule has 8 heteroatoms. The zero-order valence-corrected chi connectivity index (χ0v) is 15.9. The summed E-state index contributed by atoms with van der Waals surface area (Å²) in [5, 5.41) is 14.4. The molecule has 0 unspecified atom stereocenters. The molecule has 0 atom stereocenters. The van der Waals surface area contributed by atoms with E-state index in [0.717, 1.165) is 6.29 Å². The zero-order chi connectivity index (χ0) is 19.6. The van der Waals surface area contributed by atoms with Crippen molar-refractivity contribution < 1.29 is 19.5 Å². The third-order valence-electron chi connectivity index (χ3n) is 3.79. The molecule has 27 heavy (non-hydrogen) atoms. The molecule has 0 spiro atoms. The lowest BCUT2D eigenvalue weighted by atomic mass is 10.0. The van der Waals surface area contributed by atoms with E-state index in [1.165, 1.54) is 41.7 Å². The molecule has 0 bridgehead atoms. The van der Waals surface area contributed by atoms with E-state index in [-0.39, 0.29) is 21.8 Å². The first-order valence-corrected chi connectivity index (χ1v) is 9.21. The number of rotatable bonds is 5. The maximum atomic E-state index is 12.5. The van der Waals surface area contributed by atoms with Gasteiger partial charge in [0.05, 0.1) is 26.7 Å². The van der Waals surface area contributed by atoms with Gasteiger partial charge in [-0.05, 0) is 47.3 Å². The van der Waals surface area contributed by atoms with Crippen LogP contribution in [0.3, 0.4) is 0 Å². The average molecular weight is 420 g/mol. The van der Waals surface area contributed by atoms with Crippen LogP contribution in [0.15, 0.2) is 47.8 Å². The first-order valence-electron chi connectivity index (χ1n) is 7.57. The first kappa shape index (κ1) is 19.1. The quantitative estimate of drug-likeness (QED) is 0.535. The minimum Gasteiger partial charge on any atom is -0.478 e. The number of carboxylic acid groups (broad SMARTS) is 1. The summed E-state index contributed by atoms with van der Waals surface area (Å²) >= 11 is 13.1. The Kier molecular flexibility index (Phi) is 5.60. The van der Waals surface area contributed by atoms with E-state index >= 15 is 0 Å². The molecule has 1 heterocycles. The van der Waals surface area contributed by atoms with Gasteiger partial charge in [-0.2, -0.15) is 0 Å². The van der Waals surface area contributed by atoms with Crippen molar-refractivity contribution in [2.75, 3.05) is 5.32 Å². The van der Waals surface area contributed by atoms with Crippen LogP contribution in [0.4, 0.5) is 5.69 Å². The van der Waals surface area contributed by atoms with E-state index in [9.17, 15) is 19.5 Å². The zero-order valence-electron chi connectivity index (χ0n) is 13.5. The van der Waals surface area contributed by atoms with Crippen molar-refractivity contribution in [1.29, 1.82) is 0 Å². The molecule has 3 rings (SSSR count). The van der Waals surface area contributed by atoms with E-state index in [1.54, 1.807) is 17.5 Å². The van der Waals surface area contributed by atoms with Gasteiger partial charge in [0.2, 0.25) is 0 Å². The lowest BCUT2D eigenvalue weighted by Gasteiger charge is -2.11. The van der Waals surface area contributed by atoms with Gasteiger partial charge in [-0.3, -0.25) is 9.59 Å². The highest BCUT2D eigenvalue weighted by molar-refractivity contribution is 7.12. The van der Waals surface area contributed by atoms with Gasteiger partial charge in [-0.15, -0.1) is 11.3 Å². The summed E-state index contributed by atoms with van der Waals surface area (Å²) < 4.78 is 0. The van der Waals surface area contributed by atoms with Gasteiger partial charge in [0.25, 0.3) is 5.91 Å². The van der Waals surface area contributed by atoms with E-state index in [4.69, 9.17) is 23.2 Å².